The molecule has 0 radical (unpaired) electrons. The van der Waals surface area contributed by atoms with Crippen LogP contribution in [0.4, 0.5) is 10.1 Å². The third-order valence-corrected chi connectivity index (χ3v) is 6.56. The number of anilines is 1. The molecule has 0 spiro atoms. The number of ether oxygens (including phenoxy) is 2. The summed E-state index contributed by atoms with van der Waals surface area (Å²) in [6.07, 6.45) is 0. The van der Waals surface area contributed by atoms with Gasteiger partial charge in [0.25, 0.3) is 5.91 Å². The fraction of sp³-hybridized carbons (Fsp3) is 0.350. The van der Waals surface area contributed by atoms with Crippen molar-refractivity contribution in [3.63, 3.8) is 0 Å². The van der Waals surface area contributed by atoms with Crippen LogP contribution in [0.3, 0.4) is 0 Å². The number of benzene rings is 2. The SMILES string of the molecule is Cc1ccc(OCC(=O)Nc2ccc(F)c(S(=O)(=O)N3CCOCC3)c2)cc1C. The maximum Gasteiger partial charge on any atom is 0.262 e. The second-order valence-corrected chi connectivity index (χ2v) is 8.65. The first kappa shape index (κ1) is 21.2. The number of amides is 1. The summed E-state index contributed by atoms with van der Waals surface area (Å²) in [7, 11) is -4.02. The molecule has 156 valence electrons. The zero-order valence-corrected chi connectivity index (χ0v) is 17.1. The minimum atomic E-state index is -4.02. The summed E-state index contributed by atoms with van der Waals surface area (Å²) in [5.74, 6) is -0.802. The Balaban J connectivity index is 1.68. The number of nitrogens with one attached hydrogen (secondary N) is 1. The predicted molar refractivity (Wildman–Crippen MR) is 106 cm³/mol. The molecule has 0 saturated carbocycles. The predicted octanol–water partition coefficient (Wildman–Crippen LogP) is 2.48. The van der Waals surface area contributed by atoms with Crippen molar-refractivity contribution < 1.29 is 27.1 Å². The fourth-order valence-corrected chi connectivity index (χ4v) is 4.35. The van der Waals surface area contributed by atoms with Crippen LogP contribution in [0.25, 0.3) is 0 Å². The van der Waals surface area contributed by atoms with E-state index < -0.39 is 26.6 Å². The molecule has 29 heavy (non-hydrogen) atoms. The van der Waals surface area contributed by atoms with Crippen molar-refractivity contribution >= 4 is 21.6 Å². The molecule has 2 aromatic rings. The standard InChI is InChI=1S/C20H23FN2O5S/c1-14-3-5-17(11-15(14)2)28-13-20(24)22-16-4-6-18(21)19(12-16)29(25,26)23-7-9-27-10-8-23/h3-6,11-12H,7-10,13H2,1-2H3,(H,22,24). The molecule has 1 saturated heterocycles. The molecule has 0 bridgehead atoms. The molecule has 1 aliphatic rings. The van der Waals surface area contributed by atoms with Crippen LogP contribution in [0.1, 0.15) is 11.1 Å². The molecule has 2 aromatic carbocycles. The van der Waals surface area contributed by atoms with Crippen LogP contribution in [0.15, 0.2) is 41.3 Å². The molecule has 1 heterocycles. The minimum absolute atomic E-state index is 0.155. The summed E-state index contributed by atoms with van der Waals surface area (Å²) in [5, 5.41) is 2.54. The number of sulfonamides is 1. The lowest BCUT2D eigenvalue weighted by Gasteiger charge is -2.26. The maximum absolute atomic E-state index is 14.2. The number of aryl methyl sites for hydroxylation is 2. The molecule has 0 aromatic heterocycles. The van der Waals surface area contributed by atoms with E-state index in [1.54, 1.807) is 6.07 Å². The van der Waals surface area contributed by atoms with Crippen LogP contribution in [0.2, 0.25) is 0 Å². The molecule has 1 N–H and O–H groups in total. The zero-order valence-electron chi connectivity index (χ0n) is 16.3. The monoisotopic (exact) mass is 422 g/mol. The van der Waals surface area contributed by atoms with Crippen LogP contribution in [-0.2, 0) is 19.6 Å². The summed E-state index contributed by atoms with van der Waals surface area (Å²) in [6.45, 7) is 4.48. The van der Waals surface area contributed by atoms with E-state index in [0.29, 0.717) is 5.75 Å². The third-order valence-electron chi connectivity index (χ3n) is 4.65. The Hall–Kier alpha value is -2.49. The molecule has 3 rings (SSSR count). The van der Waals surface area contributed by atoms with E-state index in [1.165, 1.54) is 10.4 Å². The van der Waals surface area contributed by atoms with Crippen molar-refractivity contribution in [1.29, 1.82) is 0 Å². The normalized spacial score (nSPS) is 15.1. The van der Waals surface area contributed by atoms with Gasteiger partial charge in [-0.05, 0) is 55.3 Å². The third kappa shape index (κ3) is 5.11. The first-order valence-corrected chi connectivity index (χ1v) is 10.6. The second kappa shape index (κ2) is 8.89. The van der Waals surface area contributed by atoms with Crippen LogP contribution < -0.4 is 10.1 Å². The van der Waals surface area contributed by atoms with Crippen molar-refractivity contribution in [2.45, 2.75) is 18.7 Å². The average Bonchev–Trinajstić information content (AvgIpc) is 2.71. The first-order valence-electron chi connectivity index (χ1n) is 9.15. The van der Waals surface area contributed by atoms with Crippen LogP contribution in [0.5, 0.6) is 5.75 Å². The minimum Gasteiger partial charge on any atom is -0.484 e. The van der Waals surface area contributed by atoms with Gasteiger partial charge in [-0.1, -0.05) is 6.07 Å². The average molecular weight is 422 g/mol. The molecule has 0 aliphatic carbocycles. The van der Waals surface area contributed by atoms with Crippen molar-refractivity contribution in [3.8, 4) is 5.75 Å². The molecule has 0 unspecified atom stereocenters. The zero-order chi connectivity index (χ0) is 21.0. The highest BCUT2D eigenvalue weighted by Gasteiger charge is 2.29. The van der Waals surface area contributed by atoms with Crippen LogP contribution in [-0.4, -0.2) is 51.5 Å². The molecular weight excluding hydrogens is 399 g/mol. The van der Waals surface area contributed by atoms with Crippen LogP contribution in [0, 0.1) is 19.7 Å². The summed E-state index contributed by atoms with van der Waals surface area (Å²) in [5.41, 5.74) is 2.33. The van der Waals surface area contributed by atoms with Gasteiger partial charge in [-0.15, -0.1) is 0 Å². The van der Waals surface area contributed by atoms with Gasteiger partial charge in [0.05, 0.1) is 13.2 Å². The molecule has 1 aliphatic heterocycles. The number of hydrogen-bond donors (Lipinski definition) is 1. The van der Waals surface area contributed by atoms with Gasteiger partial charge in [-0.2, -0.15) is 4.31 Å². The van der Waals surface area contributed by atoms with Crippen molar-refractivity contribution in [1.82, 2.24) is 4.31 Å². The highest BCUT2D eigenvalue weighted by atomic mass is 32.2. The number of rotatable bonds is 6. The van der Waals surface area contributed by atoms with Gasteiger partial charge in [-0.25, -0.2) is 12.8 Å². The molecule has 1 fully saturated rings. The number of carbonyl (C=O) groups is 1. The van der Waals surface area contributed by atoms with Gasteiger partial charge in [-0.3, -0.25) is 4.79 Å². The van der Waals surface area contributed by atoms with E-state index in [4.69, 9.17) is 9.47 Å². The quantitative estimate of drug-likeness (QED) is 0.773. The molecule has 9 heteroatoms. The van der Waals surface area contributed by atoms with Crippen molar-refractivity contribution in [3.05, 3.63) is 53.3 Å². The number of halogens is 1. The summed E-state index contributed by atoms with van der Waals surface area (Å²) in [6, 6.07) is 8.93. The van der Waals surface area contributed by atoms with Crippen molar-refractivity contribution in [2.75, 3.05) is 38.2 Å². The Kier molecular flexibility index (Phi) is 6.51. The summed E-state index contributed by atoms with van der Waals surface area (Å²) < 4.78 is 51.4. The molecular formula is C20H23FN2O5S. The molecule has 7 nitrogen and oxygen atoms in total. The number of nitrogens with zero attached hydrogens (tertiary/aromatic N) is 1. The number of carbonyl (C=O) groups excluding carboxylic acids is 1. The number of morpholine rings is 1. The van der Waals surface area contributed by atoms with E-state index >= 15 is 0 Å². The van der Waals surface area contributed by atoms with Gasteiger partial charge in [0.2, 0.25) is 10.0 Å². The van der Waals surface area contributed by atoms with Gasteiger partial charge in [0.15, 0.2) is 6.61 Å². The van der Waals surface area contributed by atoms with Gasteiger partial charge in [0, 0.05) is 18.8 Å². The topological polar surface area (TPSA) is 84.9 Å². The lowest BCUT2D eigenvalue weighted by atomic mass is 10.1. The lowest BCUT2D eigenvalue weighted by Crippen LogP contribution is -2.40. The summed E-state index contributed by atoms with van der Waals surface area (Å²) >= 11 is 0. The van der Waals surface area contributed by atoms with Gasteiger partial charge < -0.3 is 14.8 Å². The Bertz CT molecular complexity index is 1000. The molecule has 0 atom stereocenters. The maximum atomic E-state index is 14.2. The Morgan fingerprint density at radius 1 is 1.14 bits per heavy atom. The van der Waals surface area contributed by atoms with E-state index in [2.05, 4.69) is 5.32 Å². The van der Waals surface area contributed by atoms with E-state index in [9.17, 15) is 17.6 Å². The largest absolute Gasteiger partial charge is 0.484 e. The summed E-state index contributed by atoms with van der Waals surface area (Å²) in [4.78, 5) is 11.7. The first-order chi connectivity index (χ1) is 13.8. The van der Waals surface area contributed by atoms with Gasteiger partial charge in [0.1, 0.15) is 16.5 Å². The molecule has 1 amide bonds. The Labute approximate surface area is 169 Å². The fourth-order valence-electron chi connectivity index (χ4n) is 2.85. The van der Waals surface area contributed by atoms with Crippen molar-refractivity contribution in [2.24, 2.45) is 0 Å². The lowest BCUT2D eigenvalue weighted by molar-refractivity contribution is -0.118. The smallest absolute Gasteiger partial charge is 0.262 e. The highest BCUT2D eigenvalue weighted by molar-refractivity contribution is 7.89. The van der Waals surface area contributed by atoms with E-state index in [-0.39, 0.29) is 38.6 Å². The van der Waals surface area contributed by atoms with E-state index in [1.807, 2.05) is 26.0 Å². The Morgan fingerprint density at radius 2 is 1.86 bits per heavy atom. The van der Waals surface area contributed by atoms with E-state index in [0.717, 1.165) is 23.3 Å². The second-order valence-electron chi connectivity index (χ2n) is 6.74. The number of hydrogen-bond acceptors (Lipinski definition) is 5. The van der Waals surface area contributed by atoms with Gasteiger partial charge >= 0.3 is 0 Å². The Morgan fingerprint density at radius 3 is 2.55 bits per heavy atom. The van der Waals surface area contributed by atoms with Crippen LogP contribution >= 0.6 is 0 Å². The highest BCUT2D eigenvalue weighted by Crippen LogP contribution is 2.24.